The second kappa shape index (κ2) is 5.40. The Balaban J connectivity index is 2.53. The Morgan fingerprint density at radius 2 is 1.81 bits per heavy atom. The predicted octanol–water partition coefficient (Wildman–Crippen LogP) is 1.36. The second-order valence-electron chi connectivity index (χ2n) is 4.96. The number of aliphatic hydroxyl groups is 1. The minimum Gasteiger partial charge on any atom is -0.503 e. The molecule has 21 heavy (non-hydrogen) atoms. The summed E-state index contributed by atoms with van der Waals surface area (Å²) in [6.45, 7) is 2.54. The van der Waals surface area contributed by atoms with Crippen LogP contribution >= 0.6 is 0 Å². The fraction of sp³-hybridized carbons (Fsp3) is 0.267. The highest BCUT2D eigenvalue weighted by Crippen LogP contribution is 2.37. The van der Waals surface area contributed by atoms with Crippen molar-refractivity contribution in [3.8, 4) is 0 Å². The quantitative estimate of drug-likeness (QED) is 0.872. The molecular weight excluding hydrogens is 274 g/mol. The molecule has 1 aliphatic heterocycles. The molecular formula is C15H15NO5. The van der Waals surface area contributed by atoms with E-state index < -0.39 is 36.0 Å². The lowest BCUT2D eigenvalue weighted by Crippen LogP contribution is -2.35. The number of aryl methyl sites for hydroxylation is 1. The molecule has 1 aromatic rings. The first-order valence-corrected chi connectivity index (χ1v) is 6.36. The number of carboxylic acids is 1. The van der Waals surface area contributed by atoms with Crippen LogP contribution in [-0.2, 0) is 14.4 Å². The third kappa shape index (κ3) is 2.65. The smallest absolute Gasteiger partial charge is 0.323 e. The highest BCUT2D eigenvalue weighted by atomic mass is 16.4. The van der Waals surface area contributed by atoms with Crippen molar-refractivity contribution in [3.05, 3.63) is 46.7 Å². The van der Waals surface area contributed by atoms with Gasteiger partial charge in [-0.2, -0.15) is 0 Å². The number of rotatable bonds is 4. The van der Waals surface area contributed by atoms with E-state index in [0.29, 0.717) is 5.56 Å². The summed E-state index contributed by atoms with van der Waals surface area (Å²) in [4.78, 5) is 35.7. The van der Waals surface area contributed by atoms with E-state index in [1.165, 1.54) is 6.92 Å². The molecule has 0 saturated heterocycles. The summed E-state index contributed by atoms with van der Waals surface area (Å²) in [6.07, 6.45) is 0. The van der Waals surface area contributed by atoms with Gasteiger partial charge < -0.3 is 15.1 Å². The molecule has 6 heteroatoms. The molecule has 110 valence electrons. The van der Waals surface area contributed by atoms with E-state index >= 15 is 0 Å². The molecule has 2 rings (SSSR count). The maximum absolute atomic E-state index is 12.0. The number of carbonyl (C=O) groups is 3. The summed E-state index contributed by atoms with van der Waals surface area (Å²) in [7, 11) is 0. The second-order valence-corrected chi connectivity index (χ2v) is 4.96. The van der Waals surface area contributed by atoms with Crippen LogP contribution < -0.4 is 0 Å². The molecule has 0 fully saturated rings. The van der Waals surface area contributed by atoms with Crippen LogP contribution in [0.25, 0.3) is 0 Å². The van der Waals surface area contributed by atoms with Crippen LogP contribution in [0.5, 0.6) is 0 Å². The third-order valence-electron chi connectivity index (χ3n) is 3.38. The van der Waals surface area contributed by atoms with Crippen molar-refractivity contribution in [2.45, 2.75) is 19.9 Å². The lowest BCUT2D eigenvalue weighted by molar-refractivity contribution is -0.144. The third-order valence-corrected chi connectivity index (χ3v) is 3.38. The molecule has 1 atom stereocenters. The van der Waals surface area contributed by atoms with Gasteiger partial charge in [0, 0.05) is 0 Å². The largest absolute Gasteiger partial charge is 0.503 e. The van der Waals surface area contributed by atoms with Gasteiger partial charge in [0.05, 0.1) is 11.6 Å². The van der Waals surface area contributed by atoms with Crippen molar-refractivity contribution < 1.29 is 24.6 Å². The Labute approximate surface area is 121 Å². The van der Waals surface area contributed by atoms with Gasteiger partial charge >= 0.3 is 5.97 Å². The van der Waals surface area contributed by atoms with Gasteiger partial charge in [0.15, 0.2) is 11.5 Å². The molecule has 0 aromatic heterocycles. The zero-order chi connectivity index (χ0) is 15.7. The Kier molecular flexibility index (Phi) is 3.80. The van der Waals surface area contributed by atoms with Crippen molar-refractivity contribution in [2.24, 2.45) is 0 Å². The van der Waals surface area contributed by atoms with E-state index in [9.17, 15) is 19.5 Å². The van der Waals surface area contributed by atoms with Gasteiger partial charge in [-0.05, 0) is 19.4 Å². The number of hydrogen-bond donors (Lipinski definition) is 2. The van der Waals surface area contributed by atoms with E-state index in [1.54, 1.807) is 24.3 Å². The van der Waals surface area contributed by atoms with Crippen molar-refractivity contribution in [2.75, 3.05) is 6.54 Å². The number of carboxylic acid groups (broad SMARTS) is 1. The Bertz CT molecular complexity index is 645. The van der Waals surface area contributed by atoms with Crippen LogP contribution in [0.2, 0.25) is 0 Å². The SMILES string of the molecule is CC(=O)C1=C(O)C(=O)N(CC(=O)O)[C@@H]1c1ccc(C)cc1. The number of benzene rings is 1. The van der Waals surface area contributed by atoms with Crippen LogP contribution in [-0.4, -0.2) is 39.3 Å². The summed E-state index contributed by atoms with van der Waals surface area (Å²) in [5.41, 5.74) is 1.51. The fourth-order valence-electron chi connectivity index (χ4n) is 2.42. The van der Waals surface area contributed by atoms with Gasteiger partial charge in [-0.15, -0.1) is 0 Å². The summed E-state index contributed by atoms with van der Waals surface area (Å²) < 4.78 is 0. The average Bonchev–Trinajstić information content (AvgIpc) is 2.64. The molecule has 0 spiro atoms. The minimum absolute atomic E-state index is 0.0647. The molecule has 1 amide bonds. The van der Waals surface area contributed by atoms with Crippen LogP contribution in [0.15, 0.2) is 35.6 Å². The Morgan fingerprint density at radius 3 is 2.29 bits per heavy atom. The van der Waals surface area contributed by atoms with Gasteiger partial charge in [-0.3, -0.25) is 14.4 Å². The van der Waals surface area contributed by atoms with Crippen molar-refractivity contribution >= 4 is 17.7 Å². The molecule has 0 bridgehead atoms. The first-order chi connectivity index (χ1) is 9.82. The number of carbonyl (C=O) groups excluding carboxylic acids is 2. The monoisotopic (exact) mass is 289 g/mol. The van der Waals surface area contributed by atoms with Crippen LogP contribution in [0.4, 0.5) is 0 Å². The predicted molar refractivity (Wildman–Crippen MR) is 73.6 cm³/mol. The standard InChI is InChI=1S/C15H15NO5/c1-8-3-5-10(6-4-8)13-12(9(2)17)14(20)15(21)16(13)7-11(18)19/h3-6,13,20H,7H2,1-2H3,(H,18,19)/t13-/m1/s1. The lowest BCUT2D eigenvalue weighted by Gasteiger charge is -2.25. The number of hydrogen-bond acceptors (Lipinski definition) is 4. The summed E-state index contributed by atoms with van der Waals surface area (Å²) in [5, 5.41) is 18.8. The molecule has 1 heterocycles. The van der Waals surface area contributed by atoms with Gasteiger partial charge in [0.1, 0.15) is 6.54 Å². The Morgan fingerprint density at radius 1 is 1.24 bits per heavy atom. The minimum atomic E-state index is -1.21. The van der Waals surface area contributed by atoms with Crippen LogP contribution in [0.1, 0.15) is 24.1 Å². The van der Waals surface area contributed by atoms with Crippen LogP contribution in [0.3, 0.4) is 0 Å². The number of ketones is 1. The molecule has 6 nitrogen and oxygen atoms in total. The molecule has 1 aromatic carbocycles. The van der Waals surface area contributed by atoms with Crippen molar-refractivity contribution in [3.63, 3.8) is 0 Å². The van der Waals surface area contributed by atoms with E-state index in [1.807, 2.05) is 6.92 Å². The molecule has 0 aliphatic carbocycles. The lowest BCUT2D eigenvalue weighted by atomic mass is 9.96. The molecule has 0 unspecified atom stereocenters. The van der Waals surface area contributed by atoms with Crippen molar-refractivity contribution in [1.29, 1.82) is 0 Å². The molecule has 0 saturated carbocycles. The van der Waals surface area contributed by atoms with Crippen LogP contribution in [0, 0.1) is 6.92 Å². The molecule has 1 aliphatic rings. The average molecular weight is 289 g/mol. The van der Waals surface area contributed by atoms with Gasteiger partial charge in [-0.25, -0.2) is 0 Å². The van der Waals surface area contributed by atoms with Gasteiger partial charge in [-0.1, -0.05) is 29.8 Å². The zero-order valence-corrected chi connectivity index (χ0v) is 11.7. The number of aliphatic carboxylic acids is 1. The van der Waals surface area contributed by atoms with Gasteiger partial charge in [0.2, 0.25) is 0 Å². The summed E-state index contributed by atoms with van der Waals surface area (Å²) in [5.74, 6) is -3.18. The first-order valence-electron chi connectivity index (χ1n) is 6.36. The Hall–Kier alpha value is -2.63. The first kappa shape index (κ1) is 14.8. The maximum atomic E-state index is 12.0. The topological polar surface area (TPSA) is 94.9 Å². The van der Waals surface area contributed by atoms with E-state index in [2.05, 4.69) is 0 Å². The number of Topliss-reactive ketones (excluding diaryl/α,β-unsaturated/α-hetero) is 1. The van der Waals surface area contributed by atoms with E-state index in [0.717, 1.165) is 10.5 Å². The highest BCUT2D eigenvalue weighted by molar-refractivity contribution is 6.08. The number of aliphatic hydroxyl groups excluding tert-OH is 1. The number of nitrogens with zero attached hydrogens (tertiary/aromatic N) is 1. The van der Waals surface area contributed by atoms with Crippen molar-refractivity contribution in [1.82, 2.24) is 4.90 Å². The van der Waals surface area contributed by atoms with E-state index in [4.69, 9.17) is 5.11 Å². The normalized spacial score (nSPS) is 18.3. The maximum Gasteiger partial charge on any atom is 0.323 e. The highest BCUT2D eigenvalue weighted by Gasteiger charge is 2.43. The van der Waals surface area contributed by atoms with Gasteiger partial charge in [0.25, 0.3) is 5.91 Å². The fourth-order valence-corrected chi connectivity index (χ4v) is 2.42. The van der Waals surface area contributed by atoms with E-state index in [-0.39, 0.29) is 5.57 Å². The molecule has 2 N–H and O–H groups in total. The molecule has 0 radical (unpaired) electrons. The number of amides is 1. The zero-order valence-electron chi connectivity index (χ0n) is 11.7. The summed E-state index contributed by atoms with van der Waals surface area (Å²) >= 11 is 0. The summed E-state index contributed by atoms with van der Waals surface area (Å²) in [6, 6.07) is 6.15.